The third-order valence-electron chi connectivity index (χ3n) is 4.29. The van der Waals surface area contributed by atoms with Crippen molar-refractivity contribution in [3.05, 3.63) is 90.4 Å². The molecule has 0 fully saturated rings. The molecule has 26 heavy (non-hydrogen) atoms. The summed E-state index contributed by atoms with van der Waals surface area (Å²) in [5, 5.41) is 3.10. The highest BCUT2D eigenvalue weighted by atomic mass is 16.2. The second-order valence-electron chi connectivity index (χ2n) is 6.29. The first kappa shape index (κ1) is 16.1. The van der Waals surface area contributed by atoms with Gasteiger partial charge in [-0.3, -0.25) is 4.79 Å². The van der Waals surface area contributed by atoms with E-state index >= 15 is 0 Å². The van der Waals surface area contributed by atoms with E-state index in [1.165, 1.54) is 0 Å². The van der Waals surface area contributed by atoms with Crippen molar-refractivity contribution in [2.45, 2.75) is 19.5 Å². The van der Waals surface area contributed by atoms with Crippen molar-refractivity contribution in [1.82, 2.24) is 24.3 Å². The molecule has 0 aliphatic carbocycles. The summed E-state index contributed by atoms with van der Waals surface area (Å²) in [5.41, 5.74) is 3.31. The largest absolute Gasteiger partial charge is 0.342 e. The van der Waals surface area contributed by atoms with Crippen molar-refractivity contribution < 1.29 is 4.79 Å². The van der Waals surface area contributed by atoms with Crippen molar-refractivity contribution in [3.8, 4) is 0 Å². The summed E-state index contributed by atoms with van der Waals surface area (Å²) in [6, 6.07) is 13.6. The van der Waals surface area contributed by atoms with Gasteiger partial charge in [0.25, 0.3) is 5.91 Å². The third-order valence-corrected chi connectivity index (χ3v) is 4.29. The Labute approximate surface area is 151 Å². The van der Waals surface area contributed by atoms with Crippen LogP contribution < -0.4 is 5.32 Å². The van der Waals surface area contributed by atoms with Gasteiger partial charge in [-0.1, -0.05) is 36.4 Å². The molecule has 1 aromatic carbocycles. The van der Waals surface area contributed by atoms with E-state index in [9.17, 15) is 4.79 Å². The summed E-state index contributed by atoms with van der Waals surface area (Å²) in [7, 11) is 0. The highest BCUT2D eigenvalue weighted by Gasteiger charge is 2.18. The summed E-state index contributed by atoms with van der Waals surface area (Å²) in [4.78, 5) is 21.3. The molecule has 0 aliphatic rings. The highest BCUT2D eigenvalue weighted by molar-refractivity contribution is 5.93. The van der Waals surface area contributed by atoms with Crippen LogP contribution in [-0.4, -0.2) is 24.8 Å². The standard InChI is InChI=1S/C20H19N5O/c1-15-7-8-19-22-18(13-25(19)11-15)20(26)23-17(12-24-10-9-21-14-24)16-5-3-2-4-6-16/h2-11,13-14,17H,12H2,1H3,(H,23,26). The number of imidazole rings is 2. The molecule has 1 atom stereocenters. The molecule has 4 rings (SSSR count). The number of nitrogens with zero attached hydrogens (tertiary/aromatic N) is 4. The third kappa shape index (κ3) is 3.35. The van der Waals surface area contributed by atoms with E-state index in [2.05, 4.69) is 15.3 Å². The van der Waals surface area contributed by atoms with Crippen molar-refractivity contribution in [2.24, 2.45) is 0 Å². The topological polar surface area (TPSA) is 64.2 Å². The zero-order chi connectivity index (χ0) is 17.9. The van der Waals surface area contributed by atoms with Crippen LogP contribution in [-0.2, 0) is 6.54 Å². The molecule has 3 heterocycles. The van der Waals surface area contributed by atoms with Crippen LogP contribution in [0, 0.1) is 6.92 Å². The molecule has 0 bridgehead atoms. The van der Waals surface area contributed by atoms with Crippen LogP contribution in [0.15, 0.2) is 73.6 Å². The van der Waals surface area contributed by atoms with Gasteiger partial charge >= 0.3 is 0 Å². The number of rotatable bonds is 5. The van der Waals surface area contributed by atoms with E-state index in [0.717, 1.165) is 16.8 Å². The minimum absolute atomic E-state index is 0.176. The average molecular weight is 345 g/mol. The van der Waals surface area contributed by atoms with Gasteiger partial charge in [0.1, 0.15) is 11.3 Å². The maximum absolute atomic E-state index is 12.8. The molecule has 6 heteroatoms. The van der Waals surface area contributed by atoms with Crippen molar-refractivity contribution in [1.29, 1.82) is 0 Å². The Morgan fingerprint density at radius 3 is 2.77 bits per heavy atom. The molecule has 6 nitrogen and oxygen atoms in total. The molecule has 3 aromatic heterocycles. The summed E-state index contributed by atoms with van der Waals surface area (Å²) >= 11 is 0. The summed E-state index contributed by atoms with van der Waals surface area (Å²) in [5.74, 6) is -0.194. The lowest BCUT2D eigenvalue weighted by atomic mass is 10.1. The highest BCUT2D eigenvalue weighted by Crippen LogP contribution is 2.16. The number of carbonyl (C=O) groups excluding carboxylic acids is 1. The van der Waals surface area contributed by atoms with Crippen LogP contribution >= 0.6 is 0 Å². The van der Waals surface area contributed by atoms with Gasteiger partial charge in [-0.2, -0.15) is 0 Å². The first-order chi connectivity index (χ1) is 12.7. The Morgan fingerprint density at radius 1 is 1.15 bits per heavy atom. The van der Waals surface area contributed by atoms with Crippen LogP contribution in [0.2, 0.25) is 0 Å². The molecule has 1 unspecified atom stereocenters. The fraction of sp³-hybridized carbons (Fsp3) is 0.150. The molecule has 130 valence electrons. The molecular weight excluding hydrogens is 326 g/mol. The lowest BCUT2D eigenvalue weighted by molar-refractivity contribution is 0.0928. The number of aryl methyl sites for hydroxylation is 1. The lowest BCUT2D eigenvalue weighted by Crippen LogP contribution is -2.31. The van der Waals surface area contributed by atoms with E-state index in [4.69, 9.17) is 0 Å². The van der Waals surface area contributed by atoms with E-state index in [-0.39, 0.29) is 11.9 Å². The molecule has 0 aliphatic heterocycles. The van der Waals surface area contributed by atoms with E-state index in [0.29, 0.717) is 12.2 Å². The first-order valence-corrected chi connectivity index (χ1v) is 8.46. The average Bonchev–Trinajstić information content (AvgIpc) is 3.31. The smallest absolute Gasteiger partial charge is 0.272 e. The normalized spacial score (nSPS) is 12.2. The Morgan fingerprint density at radius 2 is 2.00 bits per heavy atom. The van der Waals surface area contributed by atoms with Crippen molar-refractivity contribution in [2.75, 3.05) is 0 Å². The minimum Gasteiger partial charge on any atom is -0.342 e. The van der Waals surface area contributed by atoms with Gasteiger partial charge in [0.2, 0.25) is 0 Å². The maximum Gasteiger partial charge on any atom is 0.272 e. The van der Waals surface area contributed by atoms with E-state index in [1.54, 1.807) is 18.7 Å². The second-order valence-corrected chi connectivity index (χ2v) is 6.29. The number of benzene rings is 1. The van der Waals surface area contributed by atoms with Gasteiger partial charge in [-0.15, -0.1) is 0 Å². The molecule has 4 aromatic rings. The van der Waals surface area contributed by atoms with Crippen LogP contribution in [0.25, 0.3) is 5.65 Å². The molecule has 0 spiro atoms. The predicted molar refractivity (Wildman–Crippen MR) is 98.8 cm³/mol. The summed E-state index contributed by atoms with van der Waals surface area (Å²) < 4.78 is 3.82. The summed E-state index contributed by atoms with van der Waals surface area (Å²) in [6.45, 7) is 2.61. The van der Waals surface area contributed by atoms with Gasteiger partial charge in [0, 0.05) is 31.3 Å². The zero-order valence-corrected chi connectivity index (χ0v) is 14.4. The fourth-order valence-corrected chi connectivity index (χ4v) is 2.97. The van der Waals surface area contributed by atoms with Crippen LogP contribution in [0.4, 0.5) is 0 Å². The Bertz CT molecular complexity index is 1020. The van der Waals surface area contributed by atoms with Gasteiger partial charge in [-0.25, -0.2) is 9.97 Å². The molecule has 0 saturated heterocycles. The van der Waals surface area contributed by atoms with Crippen LogP contribution in [0.3, 0.4) is 0 Å². The maximum atomic E-state index is 12.8. The number of nitrogens with one attached hydrogen (secondary N) is 1. The number of amides is 1. The summed E-state index contributed by atoms with van der Waals surface area (Å²) in [6.07, 6.45) is 9.08. The Kier molecular flexibility index (Phi) is 4.23. The SMILES string of the molecule is Cc1ccc2nc(C(=O)NC(Cn3ccnc3)c3ccccc3)cn2c1. The Balaban J connectivity index is 1.60. The van der Waals surface area contributed by atoms with Crippen molar-refractivity contribution >= 4 is 11.6 Å². The number of hydrogen-bond donors (Lipinski definition) is 1. The van der Waals surface area contributed by atoms with E-state index in [1.807, 2.05) is 70.7 Å². The molecule has 0 saturated carbocycles. The molecule has 1 amide bonds. The molecular formula is C20H19N5O. The van der Waals surface area contributed by atoms with Crippen LogP contribution in [0.1, 0.15) is 27.7 Å². The lowest BCUT2D eigenvalue weighted by Gasteiger charge is -2.19. The fourth-order valence-electron chi connectivity index (χ4n) is 2.97. The number of hydrogen-bond acceptors (Lipinski definition) is 3. The van der Waals surface area contributed by atoms with Crippen LogP contribution in [0.5, 0.6) is 0 Å². The molecule has 0 radical (unpaired) electrons. The monoisotopic (exact) mass is 345 g/mol. The zero-order valence-electron chi connectivity index (χ0n) is 14.4. The quantitative estimate of drug-likeness (QED) is 0.605. The van der Waals surface area contributed by atoms with Gasteiger partial charge in [-0.05, 0) is 24.1 Å². The van der Waals surface area contributed by atoms with Gasteiger partial charge in [0.15, 0.2) is 0 Å². The predicted octanol–water partition coefficient (Wildman–Crippen LogP) is 3.01. The first-order valence-electron chi connectivity index (χ1n) is 8.46. The minimum atomic E-state index is -0.194. The number of pyridine rings is 1. The second kappa shape index (κ2) is 6.84. The molecule has 1 N–H and O–H groups in total. The van der Waals surface area contributed by atoms with Gasteiger partial charge in [0.05, 0.1) is 12.4 Å². The van der Waals surface area contributed by atoms with Crippen molar-refractivity contribution in [3.63, 3.8) is 0 Å². The van der Waals surface area contributed by atoms with E-state index < -0.39 is 0 Å². The number of fused-ring (bicyclic) bond motifs is 1. The number of carbonyl (C=O) groups is 1. The number of aromatic nitrogens is 4. The Hall–Kier alpha value is -3.41. The van der Waals surface area contributed by atoms with Gasteiger partial charge < -0.3 is 14.3 Å².